The van der Waals surface area contributed by atoms with Crippen LogP contribution in [0.5, 0.6) is 0 Å². The molecule has 0 radical (unpaired) electrons. The molecule has 20 heavy (non-hydrogen) atoms. The first kappa shape index (κ1) is 14.7. The molecule has 0 saturated heterocycles. The fourth-order valence-corrected chi connectivity index (χ4v) is 2.47. The van der Waals surface area contributed by atoms with Gasteiger partial charge < -0.3 is 11.1 Å². The Balaban J connectivity index is 1.82. The highest BCUT2D eigenvalue weighted by Crippen LogP contribution is 2.19. The van der Waals surface area contributed by atoms with E-state index in [4.69, 9.17) is 5.73 Å². The van der Waals surface area contributed by atoms with Gasteiger partial charge in [0.25, 0.3) is 0 Å². The number of allylic oxidation sites excluding steroid dienone is 1. The fourth-order valence-electron chi connectivity index (χ4n) is 2.47. The van der Waals surface area contributed by atoms with Crippen LogP contribution in [0.3, 0.4) is 0 Å². The zero-order valence-corrected chi connectivity index (χ0v) is 11.6. The highest BCUT2D eigenvalue weighted by molar-refractivity contribution is 5.92. The first-order chi connectivity index (χ1) is 9.66. The number of hydrogen-bond acceptors (Lipinski definition) is 2. The van der Waals surface area contributed by atoms with E-state index >= 15 is 0 Å². The Morgan fingerprint density at radius 2 is 2.20 bits per heavy atom. The van der Waals surface area contributed by atoms with Gasteiger partial charge in [-0.25, -0.2) is 4.39 Å². The van der Waals surface area contributed by atoms with Gasteiger partial charge in [0.1, 0.15) is 5.82 Å². The summed E-state index contributed by atoms with van der Waals surface area (Å²) in [6, 6.07) is 4.22. The Morgan fingerprint density at radius 1 is 1.35 bits per heavy atom. The van der Waals surface area contributed by atoms with Crippen LogP contribution >= 0.6 is 0 Å². The van der Waals surface area contributed by atoms with Crippen molar-refractivity contribution in [2.45, 2.75) is 38.6 Å². The average Bonchev–Trinajstić information content (AvgIpc) is 2.46. The molecule has 0 aliphatic heterocycles. The summed E-state index contributed by atoms with van der Waals surface area (Å²) in [6.45, 7) is 1.24. The minimum absolute atomic E-state index is 0.306. The molecule has 2 rings (SSSR count). The van der Waals surface area contributed by atoms with Crippen LogP contribution in [0.4, 0.5) is 4.39 Å². The highest BCUT2D eigenvalue weighted by Gasteiger charge is 2.07. The van der Waals surface area contributed by atoms with Crippen LogP contribution in [0, 0.1) is 5.82 Å². The first-order valence-electron chi connectivity index (χ1n) is 7.13. The third-order valence-electron chi connectivity index (χ3n) is 3.65. The molecule has 0 unspecified atom stereocenters. The van der Waals surface area contributed by atoms with Crippen LogP contribution in [0.1, 0.15) is 48.0 Å². The Kier molecular flexibility index (Phi) is 5.30. The number of hydrogen-bond donors (Lipinski definition) is 2. The highest BCUT2D eigenvalue weighted by atomic mass is 19.1. The SMILES string of the molecule is NC(=O)c1ccc(F)c(CNCCC2=CCCCC2)c1. The van der Waals surface area contributed by atoms with Crippen molar-refractivity contribution in [1.29, 1.82) is 0 Å². The van der Waals surface area contributed by atoms with Crippen molar-refractivity contribution in [3.63, 3.8) is 0 Å². The Bertz CT molecular complexity index is 511. The second-order valence-electron chi connectivity index (χ2n) is 5.21. The molecule has 0 saturated carbocycles. The lowest BCUT2D eigenvalue weighted by Crippen LogP contribution is -2.18. The molecule has 0 heterocycles. The summed E-state index contributed by atoms with van der Waals surface area (Å²) in [7, 11) is 0. The van der Waals surface area contributed by atoms with Crippen LogP contribution in [0.25, 0.3) is 0 Å². The lowest BCUT2D eigenvalue weighted by Gasteiger charge is -2.13. The van der Waals surface area contributed by atoms with E-state index in [-0.39, 0.29) is 5.82 Å². The summed E-state index contributed by atoms with van der Waals surface area (Å²) < 4.78 is 13.6. The maximum Gasteiger partial charge on any atom is 0.248 e. The van der Waals surface area contributed by atoms with E-state index in [2.05, 4.69) is 11.4 Å². The van der Waals surface area contributed by atoms with Gasteiger partial charge >= 0.3 is 0 Å². The quantitative estimate of drug-likeness (QED) is 0.620. The summed E-state index contributed by atoms with van der Waals surface area (Å²) in [6.07, 6.45) is 8.28. The Hall–Kier alpha value is -1.68. The van der Waals surface area contributed by atoms with Crippen molar-refractivity contribution in [3.05, 3.63) is 46.8 Å². The van der Waals surface area contributed by atoms with E-state index in [0.29, 0.717) is 17.7 Å². The topological polar surface area (TPSA) is 55.1 Å². The molecule has 1 aromatic rings. The predicted octanol–water partition coefficient (Wildman–Crippen LogP) is 2.90. The van der Waals surface area contributed by atoms with Crippen molar-refractivity contribution in [2.24, 2.45) is 5.73 Å². The van der Waals surface area contributed by atoms with E-state index in [0.717, 1.165) is 13.0 Å². The zero-order valence-electron chi connectivity index (χ0n) is 11.6. The van der Waals surface area contributed by atoms with Gasteiger partial charge in [-0.3, -0.25) is 4.79 Å². The first-order valence-corrected chi connectivity index (χ1v) is 7.13. The molecule has 108 valence electrons. The van der Waals surface area contributed by atoms with Gasteiger partial charge in [-0.15, -0.1) is 0 Å². The number of carbonyl (C=O) groups excluding carboxylic acids is 1. The molecule has 0 atom stereocenters. The van der Waals surface area contributed by atoms with Gasteiger partial charge in [-0.1, -0.05) is 11.6 Å². The number of benzene rings is 1. The molecule has 0 fully saturated rings. The zero-order chi connectivity index (χ0) is 14.4. The molecule has 1 amide bonds. The predicted molar refractivity (Wildman–Crippen MR) is 77.8 cm³/mol. The molecule has 4 heteroatoms. The summed E-state index contributed by atoms with van der Waals surface area (Å²) >= 11 is 0. The summed E-state index contributed by atoms with van der Waals surface area (Å²) in [5.41, 5.74) is 7.52. The third kappa shape index (κ3) is 4.17. The number of amides is 1. The second kappa shape index (κ2) is 7.20. The fraction of sp³-hybridized carbons (Fsp3) is 0.438. The van der Waals surface area contributed by atoms with E-state index < -0.39 is 5.91 Å². The van der Waals surface area contributed by atoms with E-state index in [1.165, 1.54) is 49.5 Å². The molecule has 1 aromatic carbocycles. The van der Waals surface area contributed by atoms with Gasteiger partial charge in [-0.2, -0.15) is 0 Å². The van der Waals surface area contributed by atoms with Crippen LogP contribution in [-0.4, -0.2) is 12.5 Å². The minimum Gasteiger partial charge on any atom is -0.366 e. The summed E-state index contributed by atoms with van der Waals surface area (Å²) in [4.78, 5) is 11.1. The van der Waals surface area contributed by atoms with Crippen molar-refractivity contribution in [2.75, 3.05) is 6.54 Å². The Morgan fingerprint density at radius 3 is 2.90 bits per heavy atom. The molecule has 0 aromatic heterocycles. The molecular formula is C16H21FN2O. The van der Waals surface area contributed by atoms with Gasteiger partial charge in [0.05, 0.1) is 0 Å². The number of halogens is 1. The molecular weight excluding hydrogens is 255 g/mol. The van der Waals surface area contributed by atoms with E-state index in [1.807, 2.05) is 0 Å². The number of carbonyl (C=O) groups is 1. The van der Waals surface area contributed by atoms with Crippen LogP contribution in [0.2, 0.25) is 0 Å². The van der Waals surface area contributed by atoms with Gasteiger partial charge in [0, 0.05) is 17.7 Å². The van der Waals surface area contributed by atoms with Crippen molar-refractivity contribution in [1.82, 2.24) is 5.32 Å². The molecule has 3 N–H and O–H groups in total. The normalized spacial score (nSPS) is 14.9. The molecule has 3 nitrogen and oxygen atoms in total. The summed E-state index contributed by atoms with van der Waals surface area (Å²) in [5.74, 6) is -0.835. The number of nitrogens with one attached hydrogen (secondary N) is 1. The van der Waals surface area contributed by atoms with Crippen molar-refractivity contribution in [3.8, 4) is 0 Å². The molecule has 0 spiro atoms. The minimum atomic E-state index is -0.529. The maximum absolute atomic E-state index is 13.6. The number of primary amides is 1. The van der Waals surface area contributed by atoms with Crippen LogP contribution in [0.15, 0.2) is 29.8 Å². The Labute approximate surface area is 119 Å². The average molecular weight is 276 g/mol. The second-order valence-corrected chi connectivity index (χ2v) is 5.21. The third-order valence-corrected chi connectivity index (χ3v) is 3.65. The maximum atomic E-state index is 13.6. The standard InChI is InChI=1S/C16H21FN2O/c17-15-7-6-13(16(18)20)10-14(15)11-19-9-8-12-4-2-1-3-5-12/h4,6-7,10,19H,1-3,5,8-9,11H2,(H2,18,20). The monoisotopic (exact) mass is 276 g/mol. The summed E-state index contributed by atoms with van der Waals surface area (Å²) in [5, 5.41) is 3.22. The van der Waals surface area contributed by atoms with E-state index in [9.17, 15) is 9.18 Å². The van der Waals surface area contributed by atoms with Crippen LogP contribution < -0.4 is 11.1 Å². The number of nitrogens with two attached hydrogens (primary N) is 1. The molecule has 1 aliphatic carbocycles. The lowest BCUT2D eigenvalue weighted by atomic mass is 9.97. The van der Waals surface area contributed by atoms with E-state index in [1.54, 1.807) is 0 Å². The van der Waals surface area contributed by atoms with Gasteiger partial charge in [-0.05, 0) is 56.8 Å². The van der Waals surface area contributed by atoms with Gasteiger partial charge in [0.2, 0.25) is 5.91 Å². The molecule has 1 aliphatic rings. The van der Waals surface area contributed by atoms with Gasteiger partial charge in [0.15, 0.2) is 0 Å². The largest absolute Gasteiger partial charge is 0.366 e. The smallest absolute Gasteiger partial charge is 0.248 e. The molecule has 0 bridgehead atoms. The van der Waals surface area contributed by atoms with Crippen LogP contribution in [-0.2, 0) is 6.54 Å². The lowest BCUT2D eigenvalue weighted by molar-refractivity contribution is 0.1000. The van der Waals surface area contributed by atoms with Crippen molar-refractivity contribution < 1.29 is 9.18 Å². The number of rotatable bonds is 6. The van der Waals surface area contributed by atoms with Crippen molar-refractivity contribution >= 4 is 5.91 Å².